The van der Waals surface area contributed by atoms with Crippen molar-refractivity contribution in [3.05, 3.63) is 70.6 Å². The third-order valence-electron chi connectivity index (χ3n) is 4.47. The molecule has 23 heavy (non-hydrogen) atoms. The lowest BCUT2D eigenvalue weighted by molar-refractivity contribution is -0.135. The van der Waals surface area contributed by atoms with Crippen LogP contribution in [0.5, 0.6) is 0 Å². The van der Waals surface area contributed by atoms with Crippen LogP contribution in [0, 0.1) is 0 Å². The lowest BCUT2D eigenvalue weighted by atomic mass is 9.95. The highest BCUT2D eigenvalue weighted by atomic mass is 16.2. The van der Waals surface area contributed by atoms with Crippen LogP contribution in [0.1, 0.15) is 24.8 Å². The van der Waals surface area contributed by atoms with Crippen LogP contribution in [0.25, 0.3) is 0 Å². The molecule has 1 aromatic carbocycles. The van der Waals surface area contributed by atoms with Gasteiger partial charge in [-0.2, -0.15) is 0 Å². The number of amides is 1. The quantitative estimate of drug-likeness (QED) is 0.870. The number of hydrogen-bond donors (Lipinski definition) is 0. The van der Waals surface area contributed by atoms with Crippen molar-refractivity contribution in [1.29, 1.82) is 0 Å². The number of nitrogens with zero attached hydrogens (tertiary/aromatic N) is 2. The Kier molecular flexibility index (Phi) is 4.91. The Morgan fingerprint density at radius 1 is 1.04 bits per heavy atom. The molecule has 1 amide bonds. The standard InChI is InChI=1S/C19H22N2O2/c22-18-11-5-6-12-20(18)15-19(23)21-13-7-4-10-17(21)14-16-8-2-1-3-9-16/h1-3,5-6,8-9,11-12,17H,4,7,10,13-15H2. The average molecular weight is 310 g/mol. The van der Waals surface area contributed by atoms with E-state index in [1.165, 1.54) is 16.2 Å². The number of piperidine rings is 1. The van der Waals surface area contributed by atoms with Crippen LogP contribution < -0.4 is 5.56 Å². The molecule has 0 saturated carbocycles. The fraction of sp³-hybridized carbons (Fsp3) is 0.368. The first-order valence-electron chi connectivity index (χ1n) is 8.23. The van der Waals surface area contributed by atoms with Crippen molar-refractivity contribution in [1.82, 2.24) is 9.47 Å². The van der Waals surface area contributed by atoms with Gasteiger partial charge in [-0.15, -0.1) is 0 Å². The van der Waals surface area contributed by atoms with Crippen molar-refractivity contribution in [2.24, 2.45) is 0 Å². The van der Waals surface area contributed by atoms with E-state index >= 15 is 0 Å². The first-order valence-corrected chi connectivity index (χ1v) is 8.23. The summed E-state index contributed by atoms with van der Waals surface area (Å²) >= 11 is 0. The molecule has 0 bridgehead atoms. The Hall–Kier alpha value is -2.36. The van der Waals surface area contributed by atoms with E-state index in [9.17, 15) is 9.59 Å². The third-order valence-corrected chi connectivity index (χ3v) is 4.47. The third kappa shape index (κ3) is 3.89. The number of carbonyl (C=O) groups is 1. The molecule has 3 rings (SSSR count). The fourth-order valence-corrected chi connectivity index (χ4v) is 3.26. The van der Waals surface area contributed by atoms with Gasteiger partial charge >= 0.3 is 0 Å². The van der Waals surface area contributed by atoms with E-state index in [1.807, 2.05) is 23.1 Å². The first kappa shape index (κ1) is 15.5. The predicted molar refractivity (Wildman–Crippen MR) is 90.2 cm³/mol. The molecule has 1 fully saturated rings. The highest BCUT2D eigenvalue weighted by Crippen LogP contribution is 2.21. The SMILES string of the molecule is O=C(Cn1ccccc1=O)N1CCCCC1Cc1ccccc1. The minimum absolute atomic E-state index is 0.0407. The maximum absolute atomic E-state index is 12.7. The molecule has 2 heterocycles. The molecule has 0 aliphatic carbocycles. The lowest BCUT2D eigenvalue weighted by Gasteiger charge is -2.36. The van der Waals surface area contributed by atoms with Gasteiger partial charge in [0.2, 0.25) is 5.91 Å². The summed E-state index contributed by atoms with van der Waals surface area (Å²) in [5, 5.41) is 0. The molecule has 1 aromatic heterocycles. The molecule has 1 aliphatic rings. The molecule has 0 N–H and O–H groups in total. The van der Waals surface area contributed by atoms with Crippen LogP contribution in [0.4, 0.5) is 0 Å². The summed E-state index contributed by atoms with van der Waals surface area (Å²) < 4.78 is 1.48. The van der Waals surface area contributed by atoms with Crippen LogP contribution in [0.3, 0.4) is 0 Å². The van der Waals surface area contributed by atoms with E-state index in [2.05, 4.69) is 12.1 Å². The number of likely N-dealkylation sites (tertiary alicyclic amines) is 1. The number of carbonyl (C=O) groups excluding carboxylic acids is 1. The molecule has 4 nitrogen and oxygen atoms in total. The molecule has 1 aliphatic heterocycles. The van der Waals surface area contributed by atoms with Gasteiger partial charge in [0.1, 0.15) is 6.54 Å². The Morgan fingerprint density at radius 2 is 1.83 bits per heavy atom. The molecule has 0 spiro atoms. The van der Waals surface area contributed by atoms with Gasteiger partial charge < -0.3 is 9.47 Å². The second-order valence-corrected chi connectivity index (χ2v) is 6.09. The highest BCUT2D eigenvalue weighted by molar-refractivity contribution is 5.76. The number of hydrogen-bond acceptors (Lipinski definition) is 2. The van der Waals surface area contributed by atoms with Gasteiger partial charge in [0.15, 0.2) is 0 Å². The summed E-state index contributed by atoms with van der Waals surface area (Å²) in [7, 11) is 0. The summed E-state index contributed by atoms with van der Waals surface area (Å²) in [4.78, 5) is 26.5. The summed E-state index contributed by atoms with van der Waals surface area (Å²) in [6, 6.07) is 15.5. The fourth-order valence-electron chi connectivity index (χ4n) is 3.26. The minimum atomic E-state index is -0.127. The molecular formula is C19H22N2O2. The zero-order chi connectivity index (χ0) is 16.1. The Morgan fingerprint density at radius 3 is 2.61 bits per heavy atom. The topological polar surface area (TPSA) is 42.3 Å². The first-order chi connectivity index (χ1) is 11.2. The summed E-state index contributed by atoms with van der Waals surface area (Å²) in [6.45, 7) is 0.920. The Bertz CT molecular complexity index is 709. The van der Waals surface area contributed by atoms with Crippen molar-refractivity contribution < 1.29 is 4.79 Å². The molecule has 1 unspecified atom stereocenters. The van der Waals surface area contributed by atoms with Crippen LogP contribution in [-0.4, -0.2) is 28.0 Å². The van der Waals surface area contributed by atoms with Gasteiger partial charge in [-0.25, -0.2) is 0 Å². The molecule has 2 aromatic rings. The molecule has 0 radical (unpaired) electrons. The van der Waals surface area contributed by atoms with E-state index in [1.54, 1.807) is 18.3 Å². The van der Waals surface area contributed by atoms with Gasteiger partial charge in [-0.05, 0) is 37.3 Å². The highest BCUT2D eigenvalue weighted by Gasteiger charge is 2.26. The molecule has 1 atom stereocenters. The van der Waals surface area contributed by atoms with E-state index in [-0.39, 0.29) is 24.1 Å². The largest absolute Gasteiger partial charge is 0.338 e. The van der Waals surface area contributed by atoms with Gasteiger partial charge in [-0.3, -0.25) is 9.59 Å². The van der Waals surface area contributed by atoms with E-state index in [0.29, 0.717) is 0 Å². The molecule has 4 heteroatoms. The van der Waals surface area contributed by atoms with Crippen molar-refractivity contribution in [3.8, 4) is 0 Å². The maximum Gasteiger partial charge on any atom is 0.250 e. The Labute approximate surface area is 136 Å². The van der Waals surface area contributed by atoms with Gasteiger partial charge in [0.25, 0.3) is 5.56 Å². The number of pyridine rings is 1. The number of benzene rings is 1. The van der Waals surface area contributed by atoms with Crippen LogP contribution >= 0.6 is 0 Å². The molecular weight excluding hydrogens is 288 g/mol. The summed E-state index contributed by atoms with van der Waals surface area (Å²) in [6.07, 6.45) is 5.80. The number of aromatic nitrogens is 1. The average Bonchev–Trinajstić information content (AvgIpc) is 2.58. The van der Waals surface area contributed by atoms with E-state index in [0.717, 1.165) is 32.2 Å². The summed E-state index contributed by atoms with van der Waals surface area (Å²) in [5.74, 6) is 0.0407. The zero-order valence-corrected chi connectivity index (χ0v) is 13.2. The molecule has 1 saturated heterocycles. The lowest BCUT2D eigenvalue weighted by Crippen LogP contribution is -2.46. The second kappa shape index (κ2) is 7.27. The maximum atomic E-state index is 12.7. The number of rotatable bonds is 4. The van der Waals surface area contributed by atoms with Gasteiger partial charge in [0.05, 0.1) is 0 Å². The minimum Gasteiger partial charge on any atom is -0.338 e. The second-order valence-electron chi connectivity index (χ2n) is 6.09. The van der Waals surface area contributed by atoms with E-state index in [4.69, 9.17) is 0 Å². The summed E-state index contributed by atoms with van der Waals surface area (Å²) in [5.41, 5.74) is 1.13. The van der Waals surface area contributed by atoms with Crippen LogP contribution in [0.15, 0.2) is 59.5 Å². The van der Waals surface area contributed by atoms with E-state index < -0.39 is 0 Å². The van der Waals surface area contributed by atoms with Crippen LogP contribution in [0.2, 0.25) is 0 Å². The zero-order valence-electron chi connectivity index (χ0n) is 13.2. The van der Waals surface area contributed by atoms with Gasteiger partial charge in [-0.1, -0.05) is 36.4 Å². The monoisotopic (exact) mass is 310 g/mol. The van der Waals surface area contributed by atoms with Crippen molar-refractivity contribution in [3.63, 3.8) is 0 Å². The Balaban J connectivity index is 1.72. The predicted octanol–water partition coefficient (Wildman–Crippen LogP) is 2.47. The smallest absolute Gasteiger partial charge is 0.250 e. The van der Waals surface area contributed by atoms with Crippen LogP contribution in [-0.2, 0) is 17.8 Å². The van der Waals surface area contributed by atoms with Crippen molar-refractivity contribution in [2.75, 3.05) is 6.54 Å². The van der Waals surface area contributed by atoms with Crippen molar-refractivity contribution in [2.45, 2.75) is 38.3 Å². The molecule has 120 valence electrons. The van der Waals surface area contributed by atoms with Gasteiger partial charge in [0, 0.05) is 24.8 Å². The normalized spacial score (nSPS) is 17.9. The van der Waals surface area contributed by atoms with Crippen molar-refractivity contribution >= 4 is 5.91 Å².